The fourth-order valence-corrected chi connectivity index (χ4v) is 4.57. The van der Waals surface area contributed by atoms with Crippen LogP contribution in [-0.4, -0.2) is 44.9 Å². The van der Waals surface area contributed by atoms with E-state index in [2.05, 4.69) is 10.0 Å². The Bertz CT molecular complexity index is 1130. The first kappa shape index (κ1) is 24.4. The van der Waals surface area contributed by atoms with E-state index >= 15 is 0 Å². The molecule has 1 fully saturated rings. The van der Waals surface area contributed by atoms with Crippen molar-refractivity contribution in [2.45, 2.75) is 50.7 Å². The van der Waals surface area contributed by atoms with Crippen LogP contribution in [-0.2, 0) is 24.3 Å². The minimum Gasteiger partial charge on any atom is -0.449 e. The highest BCUT2D eigenvalue weighted by Gasteiger charge is 2.23. The number of nitrogens with one attached hydrogen (secondary N) is 2. The first-order chi connectivity index (χ1) is 15.6. The molecule has 0 aliphatic carbocycles. The van der Waals surface area contributed by atoms with E-state index in [1.54, 1.807) is 43.0 Å². The van der Waals surface area contributed by atoms with Gasteiger partial charge < -0.3 is 15.0 Å². The van der Waals surface area contributed by atoms with Gasteiger partial charge in [-0.15, -0.1) is 0 Å². The lowest BCUT2D eigenvalue weighted by molar-refractivity contribution is -0.123. The van der Waals surface area contributed by atoms with E-state index in [4.69, 9.17) is 4.74 Å². The first-order valence-electron chi connectivity index (χ1n) is 10.6. The van der Waals surface area contributed by atoms with Crippen molar-refractivity contribution in [3.63, 3.8) is 0 Å². The van der Waals surface area contributed by atoms with E-state index in [-0.39, 0.29) is 22.4 Å². The van der Waals surface area contributed by atoms with E-state index in [1.807, 2.05) is 0 Å². The third-order valence-corrected chi connectivity index (χ3v) is 6.64. The fraction of sp³-hybridized carbons (Fsp3) is 0.348. The van der Waals surface area contributed by atoms with Crippen LogP contribution in [0, 0.1) is 0 Å². The summed E-state index contributed by atoms with van der Waals surface area (Å²) in [7, 11) is -3.63. The Labute approximate surface area is 193 Å². The number of nitrogens with zero attached hydrogens (tertiary/aromatic N) is 1. The van der Waals surface area contributed by atoms with E-state index < -0.39 is 28.0 Å². The van der Waals surface area contributed by atoms with Crippen LogP contribution < -0.4 is 14.9 Å². The van der Waals surface area contributed by atoms with Crippen molar-refractivity contribution >= 4 is 39.2 Å². The second-order valence-electron chi connectivity index (χ2n) is 8.03. The Morgan fingerprint density at radius 3 is 2.18 bits per heavy atom. The van der Waals surface area contributed by atoms with Crippen molar-refractivity contribution < 1.29 is 27.5 Å². The summed E-state index contributed by atoms with van der Waals surface area (Å²) in [6.07, 6.45) is 0.246. The van der Waals surface area contributed by atoms with Gasteiger partial charge in [-0.1, -0.05) is 0 Å². The third-order valence-electron chi connectivity index (χ3n) is 4.96. The van der Waals surface area contributed by atoms with Crippen LogP contribution in [0.15, 0.2) is 53.4 Å². The molecule has 176 valence electrons. The van der Waals surface area contributed by atoms with Gasteiger partial charge in [0, 0.05) is 30.4 Å². The number of amides is 2. The molecule has 2 amide bonds. The first-order valence-corrected chi connectivity index (χ1v) is 12.1. The van der Waals surface area contributed by atoms with Crippen molar-refractivity contribution in [1.29, 1.82) is 0 Å². The van der Waals surface area contributed by atoms with Gasteiger partial charge in [0.1, 0.15) is 0 Å². The van der Waals surface area contributed by atoms with Crippen molar-refractivity contribution in [3.8, 4) is 0 Å². The zero-order chi connectivity index (χ0) is 24.2. The molecule has 1 saturated heterocycles. The zero-order valence-corrected chi connectivity index (χ0v) is 19.5. The molecule has 0 bridgehead atoms. The van der Waals surface area contributed by atoms with Gasteiger partial charge in [0.15, 0.2) is 6.10 Å². The third kappa shape index (κ3) is 6.17. The quantitative estimate of drug-likeness (QED) is 0.569. The molecule has 0 aromatic heterocycles. The normalized spacial score (nSPS) is 14.9. The molecule has 10 heteroatoms. The zero-order valence-electron chi connectivity index (χ0n) is 18.7. The average Bonchev–Trinajstić information content (AvgIpc) is 3.19. The maximum atomic E-state index is 12.4. The van der Waals surface area contributed by atoms with Gasteiger partial charge in [0.05, 0.1) is 10.5 Å². The molecule has 0 spiro atoms. The molecule has 2 aromatic rings. The monoisotopic (exact) mass is 473 g/mol. The molecule has 1 atom stereocenters. The van der Waals surface area contributed by atoms with Gasteiger partial charge in [-0.05, 0) is 75.7 Å². The van der Waals surface area contributed by atoms with E-state index in [1.165, 1.54) is 31.2 Å². The van der Waals surface area contributed by atoms with Crippen LogP contribution in [0.25, 0.3) is 0 Å². The van der Waals surface area contributed by atoms with Gasteiger partial charge in [0.2, 0.25) is 15.9 Å². The average molecular weight is 474 g/mol. The number of hydrogen-bond acceptors (Lipinski definition) is 6. The Morgan fingerprint density at radius 1 is 1.00 bits per heavy atom. The molecular formula is C23H27N3O6S. The van der Waals surface area contributed by atoms with Crippen molar-refractivity contribution in [1.82, 2.24) is 4.72 Å². The molecule has 1 aliphatic heterocycles. The maximum absolute atomic E-state index is 12.4. The topological polar surface area (TPSA) is 122 Å². The summed E-state index contributed by atoms with van der Waals surface area (Å²) in [4.78, 5) is 38.4. The number of carbonyl (C=O) groups is 3. The van der Waals surface area contributed by atoms with Crippen molar-refractivity contribution in [2.24, 2.45) is 0 Å². The highest BCUT2D eigenvalue weighted by molar-refractivity contribution is 7.89. The second-order valence-corrected chi connectivity index (χ2v) is 9.75. The predicted octanol–water partition coefficient (Wildman–Crippen LogP) is 2.68. The standard InChI is InChI=1S/C23H27N3O6S/c1-15(2)25-33(30,31)20-12-8-18(9-13-20)24-22(28)16(3)32-23(29)17-6-10-19(11-7-17)26-14-4-5-21(26)27/h6-13,15-16,25H,4-5,14H2,1-3H3,(H,24,28)/t16-/m0/s1. The lowest BCUT2D eigenvalue weighted by atomic mass is 10.2. The molecule has 2 N–H and O–H groups in total. The molecule has 0 radical (unpaired) electrons. The minimum atomic E-state index is -3.63. The predicted molar refractivity (Wildman–Crippen MR) is 123 cm³/mol. The van der Waals surface area contributed by atoms with Gasteiger partial charge in [-0.3, -0.25) is 9.59 Å². The Morgan fingerprint density at radius 2 is 1.64 bits per heavy atom. The Hall–Kier alpha value is -3.24. The molecule has 9 nitrogen and oxygen atoms in total. The molecule has 2 aromatic carbocycles. The van der Waals surface area contributed by atoms with Crippen LogP contribution in [0.2, 0.25) is 0 Å². The van der Waals surface area contributed by atoms with Crippen LogP contribution in [0.3, 0.4) is 0 Å². The van der Waals surface area contributed by atoms with Gasteiger partial charge in [-0.25, -0.2) is 17.9 Å². The number of hydrogen-bond donors (Lipinski definition) is 2. The Kier molecular flexibility index (Phi) is 7.50. The summed E-state index contributed by atoms with van der Waals surface area (Å²) >= 11 is 0. The van der Waals surface area contributed by atoms with E-state index in [0.717, 1.165) is 6.42 Å². The Balaban J connectivity index is 1.57. The molecule has 1 aliphatic rings. The summed E-state index contributed by atoms with van der Waals surface area (Å²) in [6, 6.07) is 11.9. The number of rotatable bonds is 8. The van der Waals surface area contributed by atoms with E-state index in [9.17, 15) is 22.8 Å². The summed E-state index contributed by atoms with van der Waals surface area (Å²) in [5.41, 5.74) is 1.34. The number of sulfonamides is 1. The summed E-state index contributed by atoms with van der Waals surface area (Å²) in [6.45, 7) is 5.53. The summed E-state index contributed by atoms with van der Waals surface area (Å²) in [5.74, 6) is -1.17. The second kappa shape index (κ2) is 10.1. The van der Waals surface area contributed by atoms with Crippen molar-refractivity contribution in [3.05, 3.63) is 54.1 Å². The highest BCUT2D eigenvalue weighted by atomic mass is 32.2. The number of carbonyl (C=O) groups excluding carboxylic acids is 3. The van der Waals surface area contributed by atoms with E-state index in [0.29, 0.717) is 24.3 Å². The largest absolute Gasteiger partial charge is 0.449 e. The van der Waals surface area contributed by atoms with Crippen molar-refractivity contribution in [2.75, 3.05) is 16.8 Å². The number of ether oxygens (including phenoxy) is 1. The molecule has 0 saturated carbocycles. The minimum absolute atomic E-state index is 0.0532. The van der Waals surface area contributed by atoms with Crippen LogP contribution >= 0.6 is 0 Å². The molecule has 0 unspecified atom stereocenters. The van der Waals surface area contributed by atoms with Crippen LogP contribution in [0.4, 0.5) is 11.4 Å². The molecule has 3 rings (SSSR count). The lowest BCUT2D eigenvalue weighted by Gasteiger charge is -2.16. The van der Waals surface area contributed by atoms with Gasteiger partial charge in [-0.2, -0.15) is 0 Å². The van der Waals surface area contributed by atoms with Crippen LogP contribution in [0.1, 0.15) is 44.0 Å². The van der Waals surface area contributed by atoms with Crippen LogP contribution in [0.5, 0.6) is 0 Å². The van der Waals surface area contributed by atoms with Gasteiger partial charge >= 0.3 is 5.97 Å². The SMILES string of the molecule is CC(C)NS(=O)(=O)c1ccc(NC(=O)[C@H](C)OC(=O)c2ccc(N3CCCC3=O)cc2)cc1. The summed E-state index contributed by atoms with van der Waals surface area (Å²) < 4.78 is 32.1. The molecule has 1 heterocycles. The number of benzene rings is 2. The van der Waals surface area contributed by atoms with Gasteiger partial charge in [0.25, 0.3) is 5.91 Å². The molecular weight excluding hydrogens is 446 g/mol. The molecule has 33 heavy (non-hydrogen) atoms. The number of anilines is 2. The highest BCUT2D eigenvalue weighted by Crippen LogP contribution is 2.22. The smallest absolute Gasteiger partial charge is 0.338 e. The number of esters is 1. The summed E-state index contributed by atoms with van der Waals surface area (Å²) in [5, 5.41) is 2.59. The maximum Gasteiger partial charge on any atom is 0.338 e. The lowest BCUT2D eigenvalue weighted by Crippen LogP contribution is -2.30. The fourth-order valence-electron chi connectivity index (χ4n) is 3.32.